The van der Waals surface area contributed by atoms with Gasteiger partial charge in [0.2, 0.25) is 0 Å². The third kappa shape index (κ3) is 5.88. The lowest BCUT2D eigenvalue weighted by molar-refractivity contribution is -0.137. The van der Waals surface area contributed by atoms with Gasteiger partial charge in [0, 0.05) is 12.5 Å². The van der Waals surface area contributed by atoms with E-state index in [0.29, 0.717) is 13.0 Å². The topological polar surface area (TPSA) is 104 Å². The molecule has 2 atom stereocenters. The van der Waals surface area contributed by atoms with Crippen LogP contribution in [0.5, 0.6) is 0 Å². The summed E-state index contributed by atoms with van der Waals surface area (Å²) in [7, 11) is -3.12. The SMILES string of the molecule is CC(C)(CCNC1CS(=O)(=O)CC1O)CCC(=O)O. The van der Waals surface area contributed by atoms with Gasteiger partial charge in [0.15, 0.2) is 9.84 Å². The van der Waals surface area contributed by atoms with E-state index in [1.165, 1.54) is 0 Å². The number of aliphatic carboxylic acids is 1. The summed E-state index contributed by atoms with van der Waals surface area (Å²) in [6.07, 6.45) is 0.610. The highest BCUT2D eigenvalue weighted by Crippen LogP contribution is 2.26. The first-order valence-electron chi connectivity index (χ1n) is 6.45. The second-order valence-electron chi connectivity index (χ2n) is 6.01. The van der Waals surface area contributed by atoms with Crippen LogP contribution >= 0.6 is 0 Å². The van der Waals surface area contributed by atoms with Crippen molar-refractivity contribution in [2.75, 3.05) is 18.1 Å². The standard InChI is InChI=1S/C12H23NO5S/c1-12(2,4-3-11(15)16)5-6-13-9-7-19(17,18)8-10(9)14/h9-10,13-14H,3-8H2,1-2H3,(H,15,16). The summed E-state index contributed by atoms with van der Waals surface area (Å²) in [5.74, 6) is -1.00. The van der Waals surface area contributed by atoms with Crippen molar-refractivity contribution in [1.82, 2.24) is 5.32 Å². The minimum absolute atomic E-state index is 0.0241. The molecule has 1 aliphatic rings. The number of sulfone groups is 1. The molecule has 0 aliphatic carbocycles. The lowest BCUT2D eigenvalue weighted by Crippen LogP contribution is -2.40. The number of aliphatic hydroxyl groups excluding tert-OH is 1. The van der Waals surface area contributed by atoms with Gasteiger partial charge in [-0.1, -0.05) is 13.8 Å². The summed E-state index contributed by atoms with van der Waals surface area (Å²) in [5, 5.41) is 21.3. The number of nitrogens with one attached hydrogen (secondary N) is 1. The molecule has 1 heterocycles. The predicted octanol–water partition coefficient (Wildman–Crippen LogP) is 0.0150. The second-order valence-corrected chi connectivity index (χ2v) is 8.17. The first-order chi connectivity index (χ1) is 8.61. The van der Waals surface area contributed by atoms with Gasteiger partial charge in [-0.05, 0) is 24.8 Å². The average molecular weight is 293 g/mol. The molecule has 0 radical (unpaired) electrons. The molecule has 19 heavy (non-hydrogen) atoms. The number of hydrogen-bond acceptors (Lipinski definition) is 5. The Balaban J connectivity index is 2.32. The molecule has 0 amide bonds. The van der Waals surface area contributed by atoms with Crippen molar-refractivity contribution in [3.05, 3.63) is 0 Å². The molecule has 0 aromatic carbocycles. The number of hydrogen-bond donors (Lipinski definition) is 3. The van der Waals surface area contributed by atoms with Crippen LogP contribution in [0.1, 0.15) is 33.1 Å². The fourth-order valence-electron chi connectivity index (χ4n) is 2.19. The third-order valence-corrected chi connectivity index (χ3v) is 5.26. The van der Waals surface area contributed by atoms with Crippen LogP contribution in [0.3, 0.4) is 0 Å². The number of aliphatic hydroxyl groups is 1. The van der Waals surface area contributed by atoms with Crippen molar-refractivity contribution >= 4 is 15.8 Å². The molecule has 3 N–H and O–H groups in total. The van der Waals surface area contributed by atoms with Gasteiger partial charge < -0.3 is 15.5 Å². The fourth-order valence-corrected chi connectivity index (χ4v) is 3.97. The largest absolute Gasteiger partial charge is 0.481 e. The molecule has 0 spiro atoms. The van der Waals surface area contributed by atoms with Crippen LogP contribution in [-0.2, 0) is 14.6 Å². The van der Waals surface area contributed by atoms with Gasteiger partial charge in [-0.15, -0.1) is 0 Å². The van der Waals surface area contributed by atoms with Crippen molar-refractivity contribution in [2.45, 2.75) is 45.3 Å². The second kappa shape index (κ2) is 6.19. The smallest absolute Gasteiger partial charge is 0.303 e. The Morgan fingerprint density at radius 2 is 1.95 bits per heavy atom. The maximum absolute atomic E-state index is 11.3. The van der Waals surface area contributed by atoms with Crippen LogP contribution in [0.25, 0.3) is 0 Å². The van der Waals surface area contributed by atoms with Crippen LogP contribution in [-0.4, -0.2) is 54.8 Å². The Hall–Kier alpha value is -0.660. The predicted molar refractivity (Wildman–Crippen MR) is 71.7 cm³/mol. The minimum Gasteiger partial charge on any atom is -0.481 e. The Bertz CT molecular complexity index is 418. The van der Waals surface area contributed by atoms with Crippen molar-refractivity contribution in [2.24, 2.45) is 5.41 Å². The molecule has 0 saturated carbocycles. The van der Waals surface area contributed by atoms with E-state index in [9.17, 15) is 18.3 Å². The summed E-state index contributed by atoms with van der Waals surface area (Å²) >= 11 is 0. The maximum atomic E-state index is 11.3. The van der Waals surface area contributed by atoms with E-state index in [0.717, 1.165) is 6.42 Å². The van der Waals surface area contributed by atoms with Crippen LogP contribution in [0.4, 0.5) is 0 Å². The quantitative estimate of drug-likeness (QED) is 0.611. The molecule has 0 bridgehead atoms. The normalized spacial score (nSPS) is 26.5. The van der Waals surface area contributed by atoms with Gasteiger partial charge in [0.1, 0.15) is 0 Å². The molecule has 7 heteroatoms. The summed E-state index contributed by atoms with van der Waals surface area (Å²) in [5.41, 5.74) is -0.117. The van der Waals surface area contributed by atoms with Crippen molar-refractivity contribution in [3.63, 3.8) is 0 Å². The molecule has 6 nitrogen and oxygen atoms in total. The van der Waals surface area contributed by atoms with Gasteiger partial charge in [0.25, 0.3) is 0 Å². The van der Waals surface area contributed by atoms with Gasteiger partial charge in [0.05, 0.1) is 17.6 Å². The number of carboxylic acids is 1. The van der Waals surface area contributed by atoms with Gasteiger partial charge in [-0.2, -0.15) is 0 Å². The van der Waals surface area contributed by atoms with Crippen LogP contribution < -0.4 is 5.32 Å². The molecule has 0 aromatic heterocycles. The lowest BCUT2D eigenvalue weighted by atomic mass is 9.84. The molecule has 1 aliphatic heterocycles. The molecule has 0 aromatic rings. The van der Waals surface area contributed by atoms with E-state index in [4.69, 9.17) is 5.11 Å². The van der Waals surface area contributed by atoms with E-state index in [-0.39, 0.29) is 23.3 Å². The van der Waals surface area contributed by atoms with Gasteiger partial charge in [-0.3, -0.25) is 4.79 Å². The number of carboxylic acid groups (broad SMARTS) is 1. The highest BCUT2D eigenvalue weighted by molar-refractivity contribution is 7.91. The van der Waals surface area contributed by atoms with E-state index in [1.807, 2.05) is 13.8 Å². The maximum Gasteiger partial charge on any atom is 0.303 e. The summed E-state index contributed by atoms with van der Waals surface area (Å²) in [6.45, 7) is 4.54. The zero-order valence-corrected chi connectivity index (χ0v) is 12.2. The first-order valence-corrected chi connectivity index (χ1v) is 8.27. The number of rotatable bonds is 7. The molecule has 1 saturated heterocycles. The summed E-state index contributed by atoms with van der Waals surface area (Å²) in [4.78, 5) is 10.5. The molecule has 2 unspecified atom stereocenters. The van der Waals surface area contributed by atoms with E-state index in [1.54, 1.807) is 0 Å². The number of carbonyl (C=O) groups is 1. The Kier molecular flexibility index (Phi) is 5.34. The Morgan fingerprint density at radius 1 is 1.32 bits per heavy atom. The van der Waals surface area contributed by atoms with E-state index >= 15 is 0 Å². The summed E-state index contributed by atoms with van der Waals surface area (Å²) in [6, 6.07) is -0.403. The van der Waals surface area contributed by atoms with Crippen LogP contribution in [0.2, 0.25) is 0 Å². The van der Waals surface area contributed by atoms with E-state index in [2.05, 4.69) is 5.32 Å². The van der Waals surface area contributed by atoms with Crippen molar-refractivity contribution < 1.29 is 23.4 Å². The molecule has 112 valence electrons. The van der Waals surface area contributed by atoms with Crippen LogP contribution in [0, 0.1) is 5.41 Å². The Labute approximate surface area is 114 Å². The molecular formula is C12H23NO5S. The zero-order chi connectivity index (χ0) is 14.7. The first kappa shape index (κ1) is 16.4. The monoisotopic (exact) mass is 293 g/mol. The highest BCUT2D eigenvalue weighted by atomic mass is 32.2. The average Bonchev–Trinajstić information content (AvgIpc) is 2.49. The summed E-state index contributed by atoms with van der Waals surface area (Å²) < 4.78 is 22.6. The van der Waals surface area contributed by atoms with Gasteiger partial charge >= 0.3 is 5.97 Å². The fraction of sp³-hybridized carbons (Fsp3) is 0.917. The highest BCUT2D eigenvalue weighted by Gasteiger charge is 2.36. The lowest BCUT2D eigenvalue weighted by Gasteiger charge is -2.25. The molecule has 1 fully saturated rings. The van der Waals surface area contributed by atoms with E-state index < -0.39 is 28.0 Å². The minimum atomic E-state index is -3.12. The van der Waals surface area contributed by atoms with Crippen molar-refractivity contribution in [1.29, 1.82) is 0 Å². The van der Waals surface area contributed by atoms with Crippen LogP contribution in [0.15, 0.2) is 0 Å². The zero-order valence-electron chi connectivity index (χ0n) is 11.4. The van der Waals surface area contributed by atoms with Crippen molar-refractivity contribution in [3.8, 4) is 0 Å². The molecule has 1 rings (SSSR count). The Morgan fingerprint density at radius 3 is 2.42 bits per heavy atom. The third-order valence-electron chi connectivity index (χ3n) is 3.55. The molecular weight excluding hydrogens is 270 g/mol. The van der Waals surface area contributed by atoms with Gasteiger partial charge in [-0.25, -0.2) is 8.42 Å².